The van der Waals surface area contributed by atoms with Crippen molar-refractivity contribution < 1.29 is 9.59 Å². The molecule has 7 nitrogen and oxygen atoms in total. The van der Waals surface area contributed by atoms with Crippen LogP contribution in [0.15, 0.2) is 48.8 Å². The molecule has 7 heteroatoms. The van der Waals surface area contributed by atoms with Gasteiger partial charge >= 0.3 is 0 Å². The summed E-state index contributed by atoms with van der Waals surface area (Å²) in [6, 6.07) is 12.9. The van der Waals surface area contributed by atoms with E-state index < -0.39 is 5.91 Å². The number of carbonyl (C=O) groups is 2. The van der Waals surface area contributed by atoms with Gasteiger partial charge in [0, 0.05) is 17.0 Å². The van der Waals surface area contributed by atoms with Crippen LogP contribution in [-0.4, -0.2) is 21.8 Å². The van der Waals surface area contributed by atoms with Gasteiger partial charge < -0.3 is 16.4 Å². The van der Waals surface area contributed by atoms with Crippen LogP contribution in [0.4, 0.5) is 11.5 Å². The largest absolute Gasteiger partial charge is 0.366 e. The maximum absolute atomic E-state index is 12.2. The highest BCUT2D eigenvalue weighted by molar-refractivity contribution is 6.06. The number of primary amides is 1. The number of amides is 2. The molecule has 2 amide bonds. The molecule has 0 saturated carbocycles. The zero-order valence-electron chi connectivity index (χ0n) is 16.8. The van der Waals surface area contributed by atoms with Gasteiger partial charge in [-0.1, -0.05) is 32.0 Å². The van der Waals surface area contributed by atoms with Crippen LogP contribution in [-0.2, 0) is 4.79 Å². The number of para-hydroxylation sites is 1. The Morgan fingerprint density at radius 1 is 1.10 bits per heavy atom. The molecule has 0 aliphatic rings. The fourth-order valence-corrected chi connectivity index (χ4v) is 3.03. The number of benzene rings is 2. The van der Waals surface area contributed by atoms with Crippen molar-refractivity contribution in [3.63, 3.8) is 0 Å². The number of carbonyl (C=O) groups excluding carboxylic acids is 2. The minimum absolute atomic E-state index is 0.00559. The lowest BCUT2D eigenvalue weighted by Crippen LogP contribution is -2.19. The molecule has 0 saturated heterocycles. The van der Waals surface area contributed by atoms with Crippen LogP contribution in [0.25, 0.3) is 10.9 Å². The van der Waals surface area contributed by atoms with E-state index in [1.165, 1.54) is 6.33 Å². The normalized spacial score (nSPS) is 12.9. The second-order valence-corrected chi connectivity index (χ2v) is 7.08. The first kappa shape index (κ1) is 20.3. The Kier molecular flexibility index (Phi) is 6.07. The zero-order chi connectivity index (χ0) is 21.0. The fourth-order valence-electron chi connectivity index (χ4n) is 3.03. The third-order valence-electron chi connectivity index (χ3n) is 5.00. The molecule has 2 atom stereocenters. The van der Waals surface area contributed by atoms with Crippen molar-refractivity contribution in [1.29, 1.82) is 0 Å². The van der Waals surface area contributed by atoms with Gasteiger partial charge in [0.2, 0.25) is 5.91 Å². The molecule has 1 aromatic heterocycles. The van der Waals surface area contributed by atoms with Gasteiger partial charge in [0.15, 0.2) is 0 Å². The van der Waals surface area contributed by atoms with E-state index in [0.29, 0.717) is 16.9 Å². The van der Waals surface area contributed by atoms with Crippen molar-refractivity contribution in [3.05, 3.63) is 59.9 Å². The summed E-state index contributed by atoms with van der Waals surface area (Å²) < 4.78 is 0. The van der Waals surface area contributed by atoms with Crippen LogP contribution < -0.4 is 16.4 Å². The molecule has 3 rings (SSSR count). The Bertz CT molecular complexity index is 1050. The van der Waals surface area contributed by atoms with Crippen molar-refractivity contribution in [3.8, 4) is 0 Å². The minimum atomic E-state index is -0.530. The lowest BCUT2D eigenvalue weighted by Gasteiger charge is -2.18. The van der Waals surface area contributed by atoms with Gasteiger partial charge in [0.05, 0.1) is 17.1 Å². The topological polar surface area (TPSA) is 110 Å². The summed E-state index contributed by atoms with van der Waals surface area (Å²) in [4.78, 5) is 32.4. The molecule has 0 aliphatic heterocycles. The highest BCUT2D eigenvalue weighted by atomic mass is 16.2. The van der Waals surface area contributed by atoms with Crippen molar-refractivity contribution >= 4 is 34.2 Å². The Morgan fingerprint density at radius 3 is 2.59 bits per heavy atom. The first-order valence-corrected chi connectivity index (χ1v) is 9.61. The van der Waals surface area contributed by atoms with Gasteiger partial charge in [0.25, 0.3) is 5.91 Å². The van der Waals surface area contributed by atoms with Gasteiger partial charge in [-0.3, -0.25) is 9.59 Å². The van der Waals surface area contributed by atoms with E-state index in [4.69, 9.17) is 5.73 Å². The van der Waals surface area contributed by atoms with Crippen molar-refractivity contribution in [2.45, 2.75) is 33.2 Å². The number of rotatable bonds is 7. The van der Waals surface area contributed by atoms with E-state index in [0.717, 1.165) is 23.1 Å². The average Bonchev–Trinajstić information content (AvgIpc) is 2.73. The third-order valence-corrected chi connectivity index (χ3v) is 5.00. The Labute approximate surface area is 169 Å². The van der Waals surface area contributed by atoms with Gasteiger partial charge in [-0.25, -0.2) is 9.97 Å². The lowest BCUT2D eigenvalue weighted by molar-refractivity contribution is -0.119. The molecule has 1 unspecified atom stereocenters. The van der Waals surface area contributed by atoms with Gasteiger partial charge in [0.1, 0.15) is 12.1 Å². The van der Waals surface area contributed by atoms with Gasteiger partial charge in [-0.2, -0.15) is 0 Å². The maximum Gasteiger partial charge on any atom is 0.250 e. The zero-order valence-corrected chi connectivity index (χ0v) is 16.8. The van der Waals surface area contributed by atoms with Crippen LogP contribution in [0.2, 0.25) is 0 Å². The third kappa shape index (κ3) is 4.51. The molecule has 0 aliphatic carbocycles. The standard InChI is InChI=1S/C22H25N5O2/c1-4-13(2)22(29)27-16-8-5-7-15(11-16)14(3)26-21-18-10-6-9-17(20(23)28)19(18)24-12-25-21/h5-14H,4H2,1-3H3,(H2,23,28)(H,27,29)(H,24,25,26)/t13?,14-/m1/s1. The molecule has 0 radical (unpaired) electrons. The molecule has 0 spiro atoms. The molecule has 150 valence electrons. The van der Waals surface area contributed by atoms with Crippen LogP contribution in [0.5, 0.6) is 0 Å². The predicted octanol–water partition coefficient (Wildman–Crippen LogP) is 3.89. The van der Waals surface area contributed by atoms with E-state index in [1.807, 2.05) is 51.1 Å². The number of nitrogens with zero attached hydrogens (tertiary/aromatic N) is 2. The Morgan fingerprint density at radius 2 is 1.86 bits per heavy atom. The number of nitrogens with two attached hydrogens (primary N) is 1. The number of hydrogen-bond donors (Lipinski definition) is 3. The van der Waals surface area contributed by atoms with E-state index >= 15 is 0 Å². The summed E-state index contributed by atoms with van der Waals surface area (Å²) >= 11 is 0. The molecular weight excluding hydrogens is 366 g/mol. The number of anilines is 2. The van der Waals surface area contributed by atoms with Crippen LogP contribution in [0, 0.1) is 5.92 Å². The Balaban J connectivity index is 1.85. The van der Waals surface area contributed by atoms with E-state index in [1.54, 1.807) is 12.1 Å². The second-order valence-electron chi connectivity index (χ2n) is 7.08. The Hall–Kier alpha value is -3.48. The summed E-state index contributed by atoms with van der Waals surface area (Å²) in [6.07, 6.45) is 2.20. The number of fused-ring (bicyclic) bond motifs is 1. The van der Waals surface area contributed by atoms with Crippen molar-refractivity contribution in [1.82, 2.24) is 9.97 Å². The predicted molar refractivity (Wildman–Crippen MR) is 115 cm³/mol. The molecule has 4 N–H and O–H groups in total. The van der Waals surface area contributed by atoms with Crippen LogP contribution in [0.3, 0.4) is 0 Å². The number of nitrogens with one attached hydrogen (secondary N) is 2. The lowest BCUT2D eigenvalue weighted by atomic mass is 10.1. The molecule has 2 aromatic carbocycles. The van der Waals surface area contributed by atoms with Crippen LogP contribution in [0.1, 0.15) is 49.2 Å². The summed E-state index contributed by atoms with van der Waals surface area (Å²) in [6.45, 7) is 5.90. The number of hydrogen-bond acceptors (Lipinski definition) is 5. The first-order valence-electron chi connectivity index (χ1n) is 9.61. The van der Waals surface area contributed by atoms with E-state index in [-0.39, 0.29) is 17.9 Å². The molecule has 0 fully saturated rings. The highest BCUT2D eigenvalue weighted by Crippen LogP contribution is 2.27. The SMILES string of the molecule is CCC(C)C(=O)Nc1cccc([C@@H](C)Nc2ncnc3c(C(N)=O)cccc23)c1. The maximum atomic E-state index is 12.2. The molecular formula is C22H25N5O2. The van der Waals surface area contributed by atoms with Gasteiger partial charge in [-0.05, 0) is 43.2 Å². The second kappa shape index (κ2) is 8.68. The van der Waals surface area contributed by atoms with Crippen molar-refractivity contribution in [2.24, 2.45) is 11.7 Å². The molecule has 0 bridgehead atoms. The monoisotopic (exact) mass is 391 g/mol. The number of aromatic nitrogens is 2. The summed E-state index contributed by atoms with van der Waals surface area (Å²) in [5.74, 6) is 0.0461. The summed E-state index contributed by atoms with van der Waals surface area (Å²) in [5, 5.41) is 7.04. The van der Waals surface area contributed by atoms with Gasteiger partial charge in [-0.15, -0.1) is 0 Å². The smallest absolute Gasteiger partial charge is 0.250 e. The van der Waals surface area contributed by atoms with Crippen molar-refractivity contribution in [2.75, 3.05) is 10.6 Å². The quantitative estimate of drug-likeness (QED) is 0.566. The minimum Gasteiger partial charge on any atom is -0.366 e. The fraction of sp³-hybridized carbons (Fsp3) is 0.273. The van der Waals surface area contributed by atoms with E-state index in [2.05, 4.69) is 20.6 Å². The highest BCUT2D eigenvalue weighted by Gasteiger charge is 2.15. The molecule has 3 aromatic rings. The first-order chi connectivity index (χ1) is 13.9. The summed E-state index contributed by atoms with van der Waals surface area (Å²) in [7, 11) is 0. The molecule has 1 heterocycles. The average molecular weight is 391 g/mol. The van der Waals surface area contributed by atoms with E-state index in [9.17, 15) is 9.59 Å². The van der Waals surface area contributed by atoms with Crippen LogP contribution >= 0.6 is 0 Å². The molecule has 29 heavy (non-hydrogen) atoms. The summed E-state index contributed by atoms with van der Waals surface area (Å²) in [5.41, 5.74) is 8.07.